The summed E-state index contributed by atoms with van der Waals surface area (Å²) < 4.78 is 12.0. The van der Waals surface area contributed by atoms with Crippen LogP contribution in [-0.2, 0) is 0 Å². The van der Waals surface area contributed by atoms with Crippen LogP contribution in [0.1, 0.15) is 70.8 Å². The Labute approximate surface area is 177 Å². The van der Waals surface area contributed by atoms with Gasteiger partial charge in [0.1, 0.15) is 11.5 Å². The fourth-order valence-corrected chi connectivity index (χ4v) is 3.86. The molecule has 0 radical (unpaired) electrons. The van der Waals surface area contributed by atoms with Gasteiger partial charge in [-0.15, -0.1) is 5.48 Å². The molecule has 0 spiro atoms. The second kappa shape index (κ2) is 14.2. The summed E-state index contributed by atoms with van der Waals surface area (Å²) in [5.74, 6) is 1.58. The zero-order valence-corrected chi connectivity index (χ0v) is 18.8. The lowest BCUT2D eigenvalue weighted by atomic mass is 10.2. The van der Waals surface area contributed by atoms with Crippen molar-refractivity contribution in [2.45, 2.75) is 65.2 Å². The molecule has 3 nitrogen and oxygen atoms in total. The average Bonchev–Trinajstić information content (AvgIpc) is 2.75. The molecule has 2 rings (SSSR count). The minimum atomic E-state index is 0.0784. The van der Waals surface area contributed by atoms with Gasteiger partial charge in [0.05, 0.1) is 13.2 Å². The molecular formula is C25H34O3P-. The van der Waals surface area contributed by atoms with E-state index in [0.29, 0.717) is 14.8 Å². The maximum absolute atomic E-state index is 12.6. The maximum Gasteiger partial charge on any atom is 0.134 e. The van der Waals surface area contributed by atoms with Gasteiger partial charge >= 0.3 is 0 Å². The SMILES string of the molecule is CCCCCCOc1ccc(P=C([O-])c2ccccc2)c(OCCCCCC)c1. The molecule has 0 heterocycles. The molecule has 158 valence electrons. The van der Waals surface area contributed by atoms with Crippen molar-refractivity contribution in [2.75, 3.05) is 13.2 Å². The molecule has 2 aromatic rings. The Hall–Kier alpha value is -1.83. The zero-order chi connectivity index (χ0) is 20.7. The fraction of sp³-hybridized carbons (Fsp3) is 0.480. The molecule has 0 N–H and O–H groups in total. The van der Waals surface area contributed by atoms with Crippen LogP contribution < -0.4 is 19.9 Å². The van der Waals surface area contributed by atoms with E-state index in [0.717, 1.165) is 41.8 Å². The minimum absolute atomic E-state index is 0.0784. The first-order chi connectivity index (χ1) is 14.2. The molecular weight excluding hydrogens is 379 g/mol. The van der Waals surface area contributed by atoms with Crippen LogP contribution in [0.25, 0.3) is 0 Å². The van der Waals surface area contributed by atoms with Crippen molar-refractivity contribution in [3.05, 3.63) is 54.1 Å². The highest BCUT2D eigenvalue weighted by Gasteiger charge is 2.06. The molecule has 4 heteroatoms. The highest BCUT2D eigenvalue weighted by atomic mass is 31.1. The molecule has 0 saturated carbocycles. The van der Waals surface area contributed by atoms with E-state index in [-0.39, 0.29) is 5.48 Å². The number of hydrogen-bond acceptors (Lipinski definition) is 3. The van der Waals surface area contributed by atoms with Crippen LogP contribution in [0.15, 0.2) is 48.5 Å². The van der Waals surface area contributed by atoms with Gasteiger partial charge in [-0.2, -0.15) is 0 Å². The first kappa shape index (κ1) is 23.4. The second-order valence-electron chi connectivity index (χ2n) is 7.23. The van der Waals surface area contributed by atoms with Gasteiger partial charge in [0.2, 0.25) is 0 Å². The van der Waals surface area contributed by atoms with Crippen LogP contribution in [0, 0.1) is 0 Å². The number of rotatable bonds is 14. The van der Waals surface area contributed by atoms with Crippen LogP contribution >= 0.6 is 8.20 Å². The number of hydrogen-bond donors (Lipinski definition) is 0. The van der Waals surface area contributed by atoms with Gasteiger partial charge in [0.25, 0.3) is 0 Å². The Morgan fingerprint density at radius 3 is 2.10 bits per heavy atom. The van der Waals surface area contributed by atoms with Crippen LogP contribution in [-0.4, -0.2) is 18.7 Å². The smallest absolute Gasteiger partial charge is 0.134 e. The van der Waals surface area contributed by atoms with Crippen molar-refractivity contribution in [1.29, 1.82) is 0 Å². The molecule has 0 aromatic heterocycles. The Morgan fingerprint density at radius 2 is 1.45 bits per heavy atom. The Balaban J connectivity index is 2.08. The third-order valence-electron chi connectivity index (χ3n) is 4.70. The summed E-state index contributed by atoms with van der Waals surface area (Å²) in [6.45, 7) is 5.80. The van der Waals surface area contributed by atoms with Crippen LogP contribution in [0.3, 0.4) is 0 Å². The monoisotopic (exact) mass is 413 g/mol. The molecule has 0 fully saturated rings. The number of benzene rings is 2. The minimum Gasteiger partial charge on any atom is -0.823 e. The van der Waals surface area contributed by atoms with Gasteiger partial charge in [-0.1, -0.05) is 90.9 Å². The quantitative estimate of drug-likeness (QED) is 0.294. The third kappa shape index (κ3) is 9.02. The topological polar surface area (TPSA) is 41.5 Å². The largest absolute Gasteiger partial charge is 0.823 e. The van der Waals surface area contributed by atoms with E-state index in [2.05, 4.69) is 13.8 Å². The van der Waals surface area contributed by atoms with Crippen LogP contribution in [0.2, 0.25) is 0 Å². The average molecular weight is 414 g/mol. The van der Waals surface area contributed by atoms with E-state index >= 15 is 0 Å². The Kier molecular flexibility index (Phi) is 11.5. The molecule has 0 atom stereocenters. The summed E-state index contributed by atoms with van der Waals surface area (Å²) >= 11 is 0. The summed E-state index contributed by atoms with van der Waals surface area (Å²) in [7, 11) is 0.631. The van der Waals surface area contributed by atoms with Crippen molar-refractivity contribution in [2.24, 2.45) is 0 Å². The molecule has 0 aliphatic carbocycles. The van der Waals surface area contributed by atoms with Crippen LogP contribution in [0.5, 0.6) is 11.5 Å². The van der Waals surface area contributed by atoms with Gasteiger partial charge in [0.15, 0.2) is 0 Å². The first-order valence-electron chi connectivity index (χ1n) is 10.9. The molecule has 0 aliphatic rings. The van der Waals surface area contributed by atoms with Crippen molar-refractivity contribution >= 4 is 19.0 Å². The fourth-order valence-electron chi connectivity index (χ4n) is 2.98. The molecule has 2 aromatic carbocycles. The molecule has 0 saturated heterocycles. The highest BCUT2D eigenvalue weighted by molar-refractivity contribution is 7.49. The molecule has 29 heavy (non-hydrogen) atoms. The van der Waals surface area contributed by atoms with Gasteiger partial charge in [-0.25, -0.2) is 0 Å². The Morgan fingerprint density at radius 1 is 0.793 bits per heavy atom. The van der Waals surface area contributed by atoms with Gasteiger partial charge in [-0.3, -0.25) is 0 Å². The number of ether oxygens (including phenoxy) is 2. The third-order valence-corrected chi connectivity index (χ3v) is 5.77. The standard InChI is InChI=1S/C25H35O3P/c1-3-5-7-12-18-27-22-16-17-24(23(20-22)28-19-13-8-6-4-2)29-25(26)21-14-10-9-11-15-21/h9-11,14-17,20,26H,3-8,12-13,18-19H2,1-2H3/p-1. The van der Waals surface area contributed by atoms with E-state index in [1.165, 1.54) is 38.5 Å². The van der Waals surface area contributed by atoms with Crippen molar-refractivity contribution in [3.63, 3.8) is 0 Å². The molecule has 0 bridgehead atoms. The van der Waals surface area contributed by atoms with E-state index < -0.39 is 0 Å². The van der Waals surface area contributed by atoms with Crippen molar-refractivity contribution in [1.82, 2.24) is 0 Å². The van der Waals surface area contributed by atoms with Crippen LogP contribution in [0.4, 0.5) is 0 Å². The first-order valence-corrected chi connectivity index (χ1v) is 11.8. The lowest BCUT2D eigenvalue weighted by Gasteiger charge is -2.15. The normalized spacial score (nSPS) is 11.5. The van der Waals surface area contributed by atoms with E-state index in [1.807, 2.05) is 48.5 Å². The predicted molar refractivity (Wildman–Crippen MR) is 123 cm³/mol. The highest BCUT2D eigenvalue weighted by Crippen LogP contribution is 2.23. The summed E-state index contributed by atoms with van der Waals surface area (Å²) in [5.41, 5.74) is 0.800. The second-order valence-corrected chi connectivity index (χ2v) is 8.34. The van der Waals surface area contributed by atoms with E-state index in [9.17, 15) is 5.11 Å². The van der Waals surface area contributed by atoms with E-state index in [4.69, 9.17) is 9.47 Å². The summed E-state index contributed by atoms with van der Waals surface area (Å²) in [4.78, 5) is 0. The molecule has 0 amide bonds. The summed E-state index contributed by atoms with van der Waals surface area (Å²) in [6.07, 6.45) is 9.35. The van der Waals surface area contributed by atoms with E-state index in [1.54, 1.807) is 0 Å². The van der Waals surface area contributed by atoms with Gasteiger partial charge < -0.3 is 14.6 Å². The summed E-state index contributed by atoms with van der Waals surface area (Å²) in [5, 5.41) is 13.5. The zero-order valence-electron chi connectivity index (χ0n) is 17.9. The number of unbranched alkanes of at least 4 members (excludes halogenated alkanes) is 6. The Bertz CT molecular complexity index is 728. The van der Waals surface area contributed by atoms with Gasteiger partial charge in [-0.05, 0) is 30.5 Å². The van der Waals surface area contributed by atoms with Crippen molar-refractivity contribution in [3.8, 4) is 11.5 Å². The molecule has 0 aliphatic heterocycles. The van der Waals surface area contributed by atoms with Crippen molar-refractivity contribution < 1.29 is 14.6 Å². The lowest BCUT2D eigenvalue weighted by Crippen LogP contribution is -2.18. The molecule has 0 unspecified atom stereocenters. The lowest BCUT2D eigenvalue weighted by molar-refractivity contribution is -0.207. The maximum atomic E-state index is 12.6. The predicted octanol–water partition coefficient (Wildman–Crippen LogP) is 5.71. The van der Waals surface area contributed by atoms with Gasteiger partial charge in [0, 0.05) is 11.4 Å². The summed E-state index contributed by atoms with van der Waals surface area (Å²) in [6, 6.07) is 15.3.